The zero-order valence-corrected chi connectivity index (χ0v) is 12.9. The van der Waals surface area contributed by atoms with Crippen LogP contribution in [0.1, 0.15) is 15.9 Å². The number of carbonyl (C=O) groups excluding carboxylic acids is 1. The average Bonchev–Trinajstić information content (AvgIpc) is 2.53. The molecule has 24 heavy (non-hydrogen) atoms. The van der Waals surface area contributed by atoms with Crippen LogP contribution < -0.4 is 5.32 Å². The number of hydrogen-bond donors (Lipinski definition) is 2. The summed E-state index contributed by atoms with van der Waals surface area (Å²) < 4.78 is 38.4. The van der Waals surface area contributed by atoms with Gasteiger partial charge in [-0.15, -0.1) is 11.8 Å². The van der Waals surface area contributed by atoms with Crippen molar-refractivity contribution < 1.29 is 27.9 Å². The van der Waals surface area contributed by atoms with Gasteiger partial charge in [0.05, 0.1) is 16.9 Å². The van der Waals surface area contributed by atoms with E-state index in [1.165, 1.54) is 11.8 Å². The number of carboxylic acid groups (broad SMARTS) is 1. The summed E-state index contributed by atoms with van der Waals surface area (Å²) in [5.74, 6) is -2.04. The molecule has 2 rings (SSSR count). The highest BCUT2D eigenvalue weighted by molar-refractivity contribution is 8.00. The van der Waals surface area contributed by atoms with E-state index in [2.05, 4.69) is 5.32 Å². The van der Waals surface area contributed by atoms with E-state index in [4.69, 9.17) is 5.11 Å². The molecule has 0 atom stereocenters. The standard InChI is InChI=1S/C16H12F3NO3S/c17-16(18,19)11-6-10(15(22)23)7-12(8-11)20-14(21)9-24-13-4-2-1-3-5-13/h1-8H,9H2,(H,20,21)(H,22,23). The molecule has 4 nitrogen and oxygen atoms in total. The Bertz CT molecular complexity index is 748. The van der Waals surface area contributed by atoms with Crippen LogP contribution in [-0.4, -0.2) is 22.7 Å². The lowest BCUT2D eigenvalue weighted by Crippen LogP contribution is -2.16. The fraction of sp³-hybridized carbons (Fsp3) is 0.125. The Labute approximate surface area is 139 Å². The molecule has 0 aliphatic heterocycles. The quantitative estimate of drug-likeness (QED) is 0.792. The van der Waals surface area contributed by atoms with Crippen LogP contribution in [0.3, 0.4) is 0 Å². The van der Waals surface area contributed by atoms with Crippen LogP contribution in [-0.2, 0) is 11.0 Å². The van der Waals surface area contributed by atoms with Gasteiger partial charge in [0, 0.05) is 10.6 Å². The van der Waals surface area contributed by atoms with E-state index in [1.807, 2.05) is 6.07 Å². The predicted molar refractivity (Wildman–Crippen MR) is 84.2 cm³/mol. The zero-order chi connectivity index (χ0) is 17.7. The largest absolute Gasteiger partial charge is 0.478 e. The Morgan fingerprint density at radius 3 is 2.33 bits per heavy atom. The van der Waals surface area contributed by atoms with Gasteiger partial charge >= 0.3 is 12.1 Å². The first kappa shape index (κ1) is 17.9. The summed E-state index contributed by atoms with van der Waals surface area (Å²) in [5, 5.41) is 11.2. The Morgan fingerprint density at radius 2 is 1.75 bits per heavy atom. The highest BCUT2D eigenvalue weighted by Gasteiger charge is 2.32. The molecule has 0 spiro atoms. The molecular formula is C16H12F3NO3S. The first-order valence-electron chi connectivity index (χ1n) is 6.69. The van der Waals surface area contributed by atoms with Crippen LogP contribution in [0.2, 0.25) is 0 Å². The number of alkyl halides is 3. The summed E-state index contributed by atoms with van der Waals surface area (Å²) in [7, 11) is 0. The van der Waals surface area contributed by atoms with Gasteiger partial charge in [-0.05, 0) is 30.3 Å². The smallest absolute Gasteiger partial charge is 0.416 e. The molecule has 8 heteroatoms. The van der Waals surface area contributed by atoms with Crippen molar-refractivity contribution in [2.75, 3.05) is 11.1 Å². The molecule has 0 saturated carbocycles. The SMILES string of the molecule is O=C(CSc1ccccc1)Nc1cc(C(=O)O)cc(C(F)(F)F)c1. The summed E-state index contributed by atoms with van der Waals surface area (Å²) in [6, 6.07) is 11.2. The van der Waals surface area contributed by atoms with Crippen molar-refractivity contribution in [1.29, 1.82) is 0 Å². The van der Waals surface area contributed by atoms with Crippen LogP contribution in [0.25, 0.3) is 0 Å². The maximum atomic E-state index is 12.8. The Balaban J connectivity index is 2.11. The number of carboxylic acids is 1. The van der Waals surface area contributed by atoms with Gasteiger partial charge in [-0.25, -0.2) is 4.79 Å². The second kappa shape index (κ2) is 7.39. The minimum Gasteiger partial charge on any atom is -0.478 e. The van der Waals surface area contributed by atoms with Crippen molar-refractivity contribution >= 4 is 29.3 Å². The third kappa shape index (κ3) is 5.02. The first-order valence-corrected chi connectivity index (χ1v) is 7.67. The van der Waals surface area contributed by atoms with Gasteiger partial charge in [0.15, 0.2) is 0 Å². The molecule has 0 unspecified atom stereocenters. The summed E-state index contributed by atoms with van der Waals surface area (Å²) in [6.45, 7) is 0. The second-order valence-electron chi connectivity index (χ2n) is 4.75. The lowest BCUT2D eigenvalue weighted by molar-refractivity contribution is -0.137. The number of amides is 1. The lowest BCUT2D eigenvalue weighted by atomic mass is 10.1. The van der Waals surface area contributed by atoms with Crippen molar-refractivity contribution in [3.8, 4) is 0 Å². The Hall–Kier alpha value is -2.48. The number of hydrogen-bond acceptors (Lipinski definition) is 3. The summed E-state index contributed by atoms with van der Waals surface area (Å²) >= 11 is 1.22. The van der Waals surface area contributed by atoms with E-state index in [0.717, 1.165) is 11.0 Å². The molecule has 0 saturated heterocycles. The maximum Gasteiger partial charge on any atom is 0.416 e. The summed E-state index contributed by atoms with van der Waals surface area (Å²) in [6.07, 6.45) is -4.70. The predicted octanol–water partition coefficient (Wildman–Crippen LogP) is 4.13. The third-order valence-corrected chi connectivity index (χ3v) is 3.92. The second-order valence-corrected chi connectivity index (χ2v) is 5.80. The van der Waals surface area contributed by atoms with Gasteiger partial charge in [0.1, 0.15) is 0 Å². The highest BCUT2D eigenvalue weighted by Crippen LogP contribution is 2.32. The van der Waals surface area contributed by atoms with E-state index in [1.54, 1.807) is 24.3 Å². The van der Waals surface area contributed by atoms with Gasteiger partial charge in [0.2, 0.25) is 5.91 Å². The minimum absolute atomic E-state index is 0.0112. The molecule has 2 N–H and O–H groups in total. The zero-order valence-electron chi connectivity index (χ0n) is 12.1. The number of aromatic carboxylic acids is 1. The number of thioether (sulfide) groups is 1. The molecule has 0 aromatic heterocycles. The van der Waals surface area contributed by atoms with E-state index >= 15 is 0 Å². The highest BCUT2D eigenvalue weighted by atomic mass is 32.2. The average molecular weight is 355 g/mol. The number of anilines is 1. The molecule has 1 amide bonds. The van der Waals surface area contributed by atoms with Crippen LogP contribution in [0.15, 0.2) is 53.4 Å². The molecule has 0 radical (unpaired) electrons. The summed E-state index contributed by atoms with van der Waals surface area (Å²) in [4.78, 5) is 23.6. The molecule has 2 aromatic carbocycles. The van der Waals surface area contributed by atoms with E-state index in [9.17, 15) is 22.8 Å². The van der Waals surface area contributed by atoms with Crippen molar-refractivity contribution in [3.05, 3.63) is 59.7 Å². The Morgan fingerprint density at radius 1 is 1.08 bits per heavy atom. The molecule has 0 bridgehead atoms. The van der Waals surface area contributed by atoms with Crippen molar-refractivity contribution in [1.82, 2.24) is 0 Å². The number of carbonyl (C=O) groups is 2. The topological polar surface area (TPSA) is 66.4 Å². The fourth-order valence-electron chi connectivity index (χ4n) is 1.85. The van der Waals surface area contributed by atoms with Gasteiger partial charge in [-0.1, -0.05) is 18.2 Å². The van der Waals surface area contributed by atoms with Gasteiger partial charge in [-0.3, -0.25) is 4.79 Å². The molecular weight excluding hydrogens is 343 g/mol. The number of benzene rings is 2. The van der Waals surface area contributed by atoms with Crippen molar-refractivity contribution in [2.24, 2.45) is 0 Å². The van der Waals surface area contributed by atoms with Crippen molar-refractivity contribution in [3.63, 3.8) is 0 Å². The van der Waals surface area contributed by atoms with Crippen molar-refractivity contribution in [2.45, 2.75) is 11.1 Å². The molecule has 0 aliphatic carbocycles. The monoisotopic (exact) mass is 355 g/mol. The van der Waals surface area contributed by atoms with E-state index < -0.39 is 29.2 Å². The van der Waals surface area contributed by atoms with Gasteiger partial charge in [-0.2, -0.15) is 13.2 Å². The number of nitrogens with one attached hydrogen (secondary N) is 1. The Kier molecular flexibility index (Phi) is 5.50. The molecule has 2 aromatic rings. The first-order chi connectivity index (χ1) is 11.3. The maximum absolute atomic E-state index is 12.8. The number of rotatable bonds is 5. The molecule has 0 fully saturated rings. The van der Waals surface area contributed by atoms with Crippen LogP contribution in [0, 0.1) is 0 Å². The van der Waals surface area contributed by atoms with Gasteiger partial charge < -0.3 is 10.4 Å². The van der Waals surface area contributed by atoms with Gasteiger partial charge in [0.25, 0.3) is 0 Å². The normalized spacial score (nSPS) is 11.1. The number of halogens is 3. The van der Waals surface area contributed by atoms with E-state index in [-0.39, 0.29) is 11.4 Å². The molecule has 0 heterocycles. The van der Waals surface area contributed by atoms with Crippen LogP contribution >= 0.6 is 11.8 Å². The van der Waals surface area contributed by atoms with Crippen LogP contribution in [0.5, 0.6) is 0 Å². The third-order valence-electron chi connectivity index (χ3n) is 2.90. The minimum atomic E-state index is -4.70. The van der Waals surface area contributed by atoms with Crippen LogP contribution in [0.4, 0.5) is 18.9 Å². The molecule has 126 valence electrons. The molecule has 0 aliphatic rings. The van der Waals surface area contributed by atoms with E-state index in [0.29, 0.717) is 12.1 Å². The lowest BCUT2D eigenvalue weighted by Gasteiger charge is -2.11. The summed E-state index contributed by atoms with van der Waals surface area (Å²) in [5.41, 5.74) is -1.88. The fourth-order valence-corrected chi connectivity index (χ4v) is 2.57.